The van der Waals surface area contributed by atoms with E-state index in [9.17, 15) is 13.2 Å². The van der Waals surface area contributed by atoms with Crippen LogP contribution in [0.5, 0.6) is 0 Å². The largest absolute Gasteiger partial charge is 0.453 e. The van der Waals surface area contributed by atoms with E-state index < -0.39 is 9.84 Å². The second-order valence-corrected chi connectivity index (χ2v) is 7.73. The van der Waals surface area contributed by atoms with Crippen molar-refractivity contribution in [3.8, 4) is 0 Å². The molecule has 112 valence electrons. The Morgan fingerprint density at radius 1 is 1.43 bits per heavy atom. The third-order valence-electron chi connectivity index (χ3n) is 3.75. The number of carbonyl (C=O) groups excluding carboxylic acids is 1. The van der Waals surface area contributed by atoms with Gasteiger partial charge in [-0.25, -0.2) is 8.42 Å². The first-order valence-electron chi connectivity index (χ1n) is 6.91. The van der Waals surface area contributed by atoms with Gasteiger partial charge in [-0.3, -0.25) is 4.79 Å². The highest BCUT2D eigenvalue weighted by atomic mass is 32.2. The zero-order valence-corrected chi connectivity index (χ0v) is 12.6. The zero-order chi connectivity index (χ0) is 15.0. The SMILES string of the molecule is Cc1cccc2cc(C(=O)CC3CS(=O)(=O)CCN3)oc12. The van der Waals surface area contributed by atoms with E-state index >= 15 is 0 Å². The average Bonchev–Trinajstić information content (AvgIpc) is 2.83. The number of benzene rings is 1. The maximum Gasteiger partial charge on any atom is 0.199 e. The molecule has 0 radical (unpaired) electrons. The minimum absolute atomic E-state index is 0.0119. The molecule has 1 saturated heterocycles. The Hall–Kier alpha value is -1.66. The predicted octanol–water partition coefficient (Wildman–Crippen LogP) is 1.70. The predicted molar refractivity (Wildman–Crippen MR) is 80.3 cm³/mol. The molecule has 1 fully saturated rings. The Morgan fingerprint density at radius 2 is 2.24 bits per heavy atom. The maximum absolute atomic E-state index is 12.3. The smallest absolute Gasteiger partial charge is 0.199 e. The van der Waals surface area contributed by atoms with E-state index in [1.165, 1.54) is 0 Å². The van der Waals surface area contributed by atoms with Gasteiger partial charge in [0.05, 0.1) is 11.5 Å². The van der Waals surface area contributed by atoms with Crippen LogP contribution in [0.3, 0.4) is 0 Å². The van der Waals surface area contributed by atoms with Gasteiger partial charge in [-0.2, -0.15) is 0 Å². The first-order chi connectivity index (χ1) is 9.94. The van der Waals surface area contributed by atoms with Gasteiger partial charge >= 0.3 is 0 Å². The molecule has 2 aromatic rings. The molecule has 1 N–H and O–H groups in total. The number of furan rings is 1. The van der Waals surface area contributed by atoms with Crippen LogP contribution in [0.1, 0.15) is 22.5 Å². The minimum atomic E-state index is -3.04. The van der Waals surface area contributed by atoms with Crippen LogP contribution in [-0.4, -0.2) is 38.3 Å². The molecule has 0 spiro atoms. The van der Waals surface area contributed by atoms with Crippen molar-refractivity contribution in [2.75, 3.05) is 18.1 Å². The van der Waals surface area contributed by atoms with Crippen LogP contribution < -0.4 is 5.32 Å². The molecule has 1 aliphatic heterocycles. The van der Waals surface area contributed by atoms with Crippen LogP contribution in [0.4, 0.5) is 0 Å². The molecule has 5 nitrogen and oxygen atoms in total. The summed E-state index contributed by atoms with van der Waals surface area (Å²) >= 11 is 0. The van der Waals surface area contributed by atoms with Crippen LogP contribution in [0.15, 0.2) is 28.7 Å². The standard InChI is InChI=1S/C15H17NO4S/c1-10-3-2-4-11-7-14(20-15(10)11)13(17)8-12-9-21(18,19)6-5-16-12/h2-4,7,12,16H,5-6,8-9H2,1H3. The molecule has 0 saturated carbocycles. The fourth-order valence-electron chi connectivity index (χ4n) is 2.67. The lowest BCUT2D eigenvalue weighted by Crippen LogP contribution is -2.45. The number of fused-ring (bicyclic) bond motifs is 1. The molecule has 1 atom stereocenters. The molecule has 1 aliphatic rings. The van der Waals surface area contributed by atoms with Crippen molar-refractivity contribution in [2.24, 2.45) is 0 Å². The Morgan fingerprint density at radius 3 is 2.95 bits per heavy atom. The summed E-state index contributed by atoms with van der Waals surface area (Å²) in [5.74, 6) is 0.281. The molecular formula is C15H17NO4S. The second kappa shape index (κ2) is 5.27. The highest BCUT2D eigenvalue weighted by molar-refractivity contribution is 7.91. The number of Topliss-reactive ketones (excluding diaryl/α,β-unsaturated/α-hetero) is 1. The first kappa shape index (κ1) is 14.3. The van der Waals surface area contributed by atoms with Crippen LogP contribution in [0, 0.1) is 6.92 Å². The van der Waals surface area contributed by atoms with E-state index in [1.807, 2.05) is 25.1 Å². The molecule has 0 aliphatic carbocycles. The van der Waals surface area contributed by atoms with Crippen molar-refractivity contribution >= 4 is 26.6 Å². The van der Waals surface area contributed by atoms with Crippen molar-refractivity contribution in [1.82, 2.24) is 5.32 Å². The van der Waals surface area contributed by atoms with Gasteiger partial charge in [-0.05, 0) is 18.6 Å². The second-order valence-electron chi connectivity index (χ2n) is 5.50. The molecule has 1 aromatic heterocycles. The molecule has 0 amide bonds. The van der Waals surface area contributed by atoms with Crippen molar-refractivity contribution in [3.05, 3.63) is 35.6 Å². The van der Waals surface area contributed by atoms with Gasteiger partial charge in [0.15, 0.2) is 21.4 Å². The summed E-state index contributed by atoms with van der Waals surface area (Å²) < 4.78 is 28.8. The highest BCUT2D eigenvalue weighted by Gasteiger charge is 2.27. The average molecular weight is 307 g/mol. The monoisotopic (exact) mass is 307 g/mol. The molecule has 21 heavy (non-hydrogen) atoms. The van der Waals surface area contributed by atoms with E-state index in [0.717, 1.165) is 10.9 Å². The fraction of sp³-hybridized carbons (Fsp3) is 0.400. The number of nitrogens with one attached hydrogen (secondary N) is 1. The summed E-state index contributed by atoms with van der Waals surface area (Å²) in [5.41, 5.74) is 1.69. The van der Waals surface area contributed by atoms with E-state index in [0.29, 0.717) is 17.9 Å². The van der Waals surface area contributed by atoms with Crippen molar-refractivity contribution in [3.63, 3.8) is 0 Å². The van der Waals surface area contributed by atoms with Crippen LogP contribution >= 0.6 is 0 Å². The van der Waals surface area contributed by atoms with Gasteiger partial charge in [-0.15, -0.1) is 0 Å². The van der Waals surface area contributed by atoms with Crippen molar-refractivity contribution in [2.45, 2.75) is 19.4 Å². The van der Waals surface area contributed by atoms with Gasteiger partial charge in [0, 0.05) is 24.4 Å². The minimum Gasteiger partial charge on any atom is -0.453 e. The third kappa shape index (κ3) is 3.01. The molecule has 2 heterocycles. The Balaban J connectivity index is 1.79. The number of hydrogen-bond donors (Lipinski definition) is 1. The summed E-state index contributed by atoms with van der Waals surface area (Å²) in [6, 6.07) is 7.13. The number of sulfone groups is 1. The van der Waals surface area contributed by atoms with Crippen molar-refractivity contribution in [1.29, 1.82) is 0 Å². The molecule has 1 unspecified atom stereocenters. The molecule has 3 rings (SSSR count). The van der Waals surface area contributed by atoms with Gasteiger partial charge in [0.25, 0.3) is 0 Å². The maximum atomic E-state index is 12.3. The number of para-hydroxylation sites is 1. The van der Waals surface area contributed by atoms with Crippen LogP contribution in [0.25, 0.3) is 11.0 Å². The number of hydrogen-bond acceptors (Lipinski definition) is 5. The van der Waals surface area contributed by atoms with Crippen molar-refractivity contribution < 1.29 is 17.6 Å². The molecule has 0 bridgehead atoms. The van der Waals surface area contributed by atoms with Crippen LogP contribution in [-0.2, 0) is 9.84 Å². The lowest BCUT2D eigenvalue weighted by Gasteiger charge is -2.22. The van der Waals surface area contributed by atoms with E-state index in [4.69, 9.17) is 4.42 Å². The third-order valence-corrected chi connectivity index (χ3v) is 5.49. The molecule has 6 heteroatoms. The first-order valence-corrected chi connectivity index (χ1v) is 8.73. The van der Waals surface area contributed by atoms with Gasteiger partial charge in [-0.1, -0.05) is 18.2 Å². The summed E-state index contributed by atoms with van der Waals surface area (Å²) in [7, 11) is -3.04. The number of carbonyl (C=O) groups is 1. The highest BCUT2D eigenvalue weighted by Crippen LogP contribution is 2.23. The summed E-state index contributed by atoms with van der Waals surface area (Å²) in [6.07, 6.45) is 0.137. The van der Waals surface area contributed by atoms with Crippen LogP contribution in [0.2, 0.25) is 0 Å². The fourth-order valence-corrected chi connectivity index (χ4v) is 4.11. The Bertz CT molecular complexity index is 791. The number of rotatable bonds is 3. The molecule has 1 aromatic carbocycles. The van der Waals surface area contributed by atoms with E-state index in [2.05, 4.69) is 5.32 Å². The quantitative estimate of drug-likeness (QED) is 0.873. The normalized spacial score (nSPS) is 21.5. The zero-order valence-electron chi connectivity index (χ0n) is 11.8. The molecular weight excluding hydrogens is 290 g/mol. The summed E-state index contributed by atoms with van der Waals surface area (Å²) in [6.45, 7) is 2.33. The lowest BCUT2D eigenvalue weighted by atomic mass is 10.1. The number of ketones is 1. The summed E-state index contributed by atoms with van der Waals surface area (Å²) in [4.78, 5) is 12.3. The Kier molecular flexibility index (Phi) is 3.59. The Labute approximate surface area is 123 Å². The van der Waals surface area contributed by atoms with Gasteiger partial charge < -0.3 is 9.73 Å². The number of aryl methyl sites for hydroxylation is 1. The topological polar surface area (TPSA) is 76.4 Å². The van der Waals surface area contributed by atoms with E-state index in [-0.39, 0.29) is 29.8 Å². The van der Waals surface area contributed by atoms with Gasteiger partial charge in [0.1, 0.15) is 5.58 Å². The van der Waals surface area contributed by atoms with Gasteiger partial charge in [0.2, 0.25) is 0 Å². The summed E-state index contributed by atoms with van der Waals surface area (Å²) in [5, 5.41) is 3.97. The lowest BCUT2D eigenvalue weighted by molar-refractivity contribution is 0.0947. The van der Waals surface area contributed by atoms with E-state index in [1.54, 1.807) is 6.07 Å².